The Hall–Kier alpha value is -1.93. The molecule has 0 amide bonds. The van der Waals surface area contributed by atoms with E-state index in [0.29, 0.717) is 11.7 Å². The van der Waals surface area contributed by atoms with Gasteiger partial charge in [-0.25, -0.2) is 0 Å². The Bertz CT molecular complexity index is 545. The summed E-state index contributed by atoms with van der Waals surface area (Å²) in [5, 5.41) is 0. The van der Waals surface area contributed by atoms with Gasteiger partial charge in [-0.2, -0.15) is 0 Å². The Morgan fingerprint density at radius 3 is 2.27 bits per heavy atom. The molecule has 0 spiro atoms. The van der Waals surface area contributed by atoms with E-state index in [1.165, 1.54) is 0 Å². The first-order valence-corrected chi connectivity index (χ1v) is 6.20. The van der Waals surface area contributed by atoms with Gasteiger partial charge in [0.1, 0.15) is 0 Å². The number of alkyl halides is 5. The number of carbonyl (C=O) groups is 1. The molecule has 0 aliphatic carbocycles. The molecule has 1 atom stereocenters. The van der Waals surface area contributed by atoms with Crippen molar-refractivity contribution < 1.29 is 31.5 Å². The summed E-state index contributed by atoms with van der Waals surface area (Å²) in [6.07, 6.45) is -5.79. The molecule has 1 aromatic carbocycles. The van der Waals surface area contributed by atoms with Gasteiger partial charge in [0.2, 0.25) is 0 Å². The van der Waals surface area contributed by atoms with E-state index in [1.807, 2.05) is 0 Å². The second kappa shape index (κ2) is 7.37. The van der Waals surface area contributed by atoms with E-state index in [4.69, 9.17) is 0 Å². The normalized spacial score (nSPS) is 13.9. The Balaban J connectivity index is 2.91. The zero-order chi connectivity index (χ0) is 16.8. The molecule has 0 unspecified atom stereocenters. The zero-order valence-corrected chi connectivity index (χ0v) is 11.2. The van der Waals surface area contributed by atoms with E-state index in [1.54, 1.807) is 30.3 Å². The van der Waals surface area contributed by atoms with Crippen molar-refractivity contribution in [1.29, 1.82) is 0 Å². The van der Waals surface area contributed by atoms with Crippen molar-refractivity contribution >= 4 is 19.0 Å². The number of nitrogens with zero attached hydrogens (tertiary/aromatic N) is 1. The number of aryl methyl sites for hydroxylation is 1. The summed E-state index contributed by atoms with van der Waals surface area (Å²) in [7, 11) is 0.106. The number of carbonyl (C=O) groups excluding carboxylic acids is 1. The number of benzene rings is 1. The third-order valence-electron chi connectivity index (χ3n) is 2.84. The van der Waals surface area contributed by atoms with Gasteiger partial charge in [-0.05, 0) is 0 Å². The van der Waals surface area contributed by atoms with Crippen LogP contribution in [0.4, 0.5) is 22.0 Å². The third kappa shape index (κ3) is 4.54. The van der Waals surface area contributed by atoms with Crippen molar-refractivity contribution in [3.63, 3.8) is 0 Å². The van der Waals surface area contributed by atoms with Gasteiger partial charge in [0.25, 0.3) is 0 Å². The van der Waals surface area contributed by atoms with E-state index in [9.17, 15) is 31.5 Å². The summed E-state index contributed by atoms with van der Waals surface area (Å²) in [6, 6.07) is 6.34. The molecule has 22 heavy (non-hydrogen) atoms. The molecular formula is C13H11BF5NO2. The van der Waals surface area contributed by atoms with Crippen molar-refractivity contribution in [3.05, 3.63) is 35.9 Å². The molecule has 0 fully saturated rings. The average Bonchev–Trinajstić information content (AvgIpc) is 2.46. The van der Waals surface area contributed by atoms with Crippen LogP contribution in [0.25, 0.3) is 0 Å². The fourth-order valence-corrected chi connectivity index (χ4v) is 1.71. The van der Waals surface area contributed by atoms with Crippen LogP contribution in [-0.4, -0.2) is 37.2 Å². The molecule has 0 radical (unpaired) electrons. The molecule has 1 aromatic rings. The molecular weight excluding hydrogens is 308 g/mol. The monoisotopic (exact) mass is 319 g/mol. The quantitative estimate of drug-likeness (QED) is 0.441. The summed E-state index contributed by atoms with van der Waals surface area (Å²) < 4.78 is 73.1. The summed E-state index contributed by atoms with van der Waals surface area (Å²) in [5.74, 6) is -7.87. The summed E-state index contributed by atoms with van der Waals surface area (Å²) in [4.78, 5) is 14.7. The Morgan fingerprint density at radius 1 is 1.18 bits per heavy atom. The van der Waals surface area contributed by atoms with Crippen LogP contribution in [0.1, 0.15) is 12.0 Å². The van der Waals surface area contributed by atoms with Crippen molar-refractivity contribution in [1.82, 2.24) is 0 Å². The number of Topliss-reactive ketones (excluding diaryl/α,β-unsaturated/α-hetero) is 1. The molecule has 118 valence electrons. The molecule has 0 N–H and O–H groups in total. The molecule has 1 rings (SSSR count). The molecule has 0 saturated carbocycles. The van der Waals surface area contributed by atoms with Gasteiger partial charge >= 0.3 is 122 Å². The van der Waals surface area contributed by atoms with Crippen LogP contribution in [0.3, 0.4) is 0 Å². The average molecular weight is 319 g/mol. The van der Waals surface area contributed by atoms with Crippen LogP contribution in [-0.2, 0) is 15.9 Å². The van der Waals surface area contributed by atoms with Gasteiger partial charge in [-0.1, -0.05) is 0 Å². The molecule has 0 aliphatic rings. The van der Waals surface area contributed by atoms with Crippen molar-refractivity contribution in [2.75, 3.05) is 0 Å². The van der Waals surface area contributed by atoms with Crippen LogP contribution in [0.15, 0.2) is 35.3 Å². The molecule has 0 aliphatic heterocycles. The predicted molar refractivity (Wildman–Crippen MR) is 69.5 cm³/mol. The number of halogens is 5. The minimum atomic E-state index is -5.99. The number of hydrogen-bond donors (Lipinski definition) is 0. The Morgan fingerprint density at radius 2 is 1.77 bits per heavy atom. The first kappa shape index (κ1) is 18.1. The summed E-state index contributed by atoms with van der Waals surface area (Å²) in [5.41, 5.74) is 0.650. The molecule has 9 heteroatoms. The van der Waals surface area contributed by atoms with Gasteiger partial charge in [-0.15, -0.1) is 0 Å². The third-order valence-corrected chi connectivity index (χ3v) is 2.84. The maximum atomic E-state index is 13.1. The Kier molecular flexibility index (Phi) is 6.07. The van der Waals surface area contributed by atoms with E-state index in [-0.39, 0.29) is 20.0 Å². The minimum absolute atomic E-state index is 0.0708. The van der Waals surface area contributed by atoms with Crippen LogP contribution in [0.2, 0.25) is 0 Å². The van der Waals surface area contributed by atoms with Gasteiger partial charge in [-0.3, -0.25) is 0 Å². The zero-order valence-electron chi connectivity index (χ0n) is 11.2. The van der Waals surface area contributed by atoms with E-state index < -0.39 is 23.9 Å². The van der Waals surface area contributed by atoms with E-state index in [2.05, 4.69) is 4.99 Å². The SMILES string of the molecule is O=B/C=N\[C@@H](CCc1ccccc1)C(=O)C(F)(F)C(F)(F)F. The van der Waals surface area contributed by atoms with Gasteiger partial charge in [0, 0.05) is 0 Å². The molecule has 0 heterocycles. The van der Waals surface area contributed by atoms with Crippen molar-refractivity contribution in [2.24, 2.45) is 4.99 Å². The van der Waals surface area contributed by atoms with Gasteiger partial charge in [0.05, 0.1) is 0 Å². The second-order valence-corrected chi connectivity index (χ2v) is 4.41. The van der Waals surface area contributed by atoms with E-state index >= 15 is 0 Å². The molecule has 0 aromatic heterocycles. The topological polar surface area (TPSA) is 46.5 Å². The van der Waals surface area contributed by atoms with Gasteiger partial charge in [0.15, 0.2) is 0 Å². The second-order valence-electron chi connectivity index (χ2n) is 4.41. The molecule has 0 bridgehead atoms. The number of rotatable bonds is 7. The predicted octanol–water partition coefficient (Wildman–Crippen LogP) is 2.83. The first-order chi connectivity index (χ1) is 10.2. The fraction of sp³-hybridized carbons (Fsp3) is 0.385. The van der Waals surface area contributed by atoms with E-state index in [0.717, 1.165) is 0 Å². The van der Waals surface area contributed by atoms with Gasteiger partial charge < -0.3 is 0 Å². The number of hydrogen-bond acceptors (Lipinski definition) is 3. The summed E-state index contributed by atoms with van der Waals surface area (Å²) in [6.45, 7) is 0. The van der Waals surface area contributed by atoms with Crippen LogP contribution in [0, 0.1) is 0 Å². The summed E-state index contributed by atoms with van der Waals surface area (Å²) >= 11 is 0. The molecule has 0 saturated heterocycles. The Labute approximate surface area is 123 Å². The van der Waals surface area contributed by atoms with Crippen LogP contribution < -0.4 is 0 Å². The standard InChI is InChI=1S/C13H11BF5NO2/c15-12(16,13(17,18)19)11(21)10(20-8-14-22)7-6-9-4-2-1-3-5-9/h1-5,8,10H,6-7H2/b20-8-/t10-/m0/s1. The maximum absolute atomic E-state index is 13.1. The van der Waals surface area contributed by atoms with Crippen molar-refractivity contribution in [3.8, 4) is 0 Å². The van der Waals surface area contributed by atoms with Crippen molar-refractivity contribution in [2.45, 2.75) is 31.0 Å². The fourth-order valence-electron chi connectivity index (χ4n) is 1.71. The number of aliphatic imine (C=N–C) groups is 1. The molecule has 3 nitrogen and oxygen atoms in total. The number of ketones is 1. The van der Waals surface area contributed by atoms with Crippen LogP contribution in [0.5, 0.6) is 0 Å². The first-order valence-electron chi connectivity index (χ1n) is 6.20. The van der Waals surface area contributed by atoms with Crippen LogP contribution >= 0.6 is 0 Å².